The second-order valence-electron chi connectivity index (χ2n) is 8.24. The standard InChI is InChI=1S/C23H25N3O3S2/c1-16-8-9-22-17(13-16)14-23(30-22)31(27,28)25-18-10-12-26(15-18)11-4-6-20-19-5-2-3-7-21(19)29-24-20/h2-3,5,7-9,13-14,18,25H,4,6,10-12,15H2,1H3/t18-/m1/s1. The number of fused-ring (bicyclic) bond motifs is 2. The summed E-state index contributed by atoms with van der Waals surface area (Å²) in [7, 11) is -3.50. The molecule has 1 atom stereocenters. The number of hydrogen-bond acceptors (Lipinski definition) is 6. The van der Waals surface area contributed by atoms with Crippen molar-refractivity contribution in [2.75, 3.05) is 19.6 Å². The van der Waals surface area contributed by atoms with Gasteiger partial charge >= 0.3 is 0 Å². The van der Waals surface area contributed by atoms with Crippen LogP contribution in [0.25, 0.3) is 21.1 Å². The molecule has 1 saturated heterocycles. The highest BCUT2D eigenvalue weighted by Crippen LogP contribution is 2.30. The summed E-state index contributed by atoms with van der Waals surface area (Å²) in [6.07, 6.45) is 2.65. The van der Waals surface area contributed by atoms with Gasteiger partial charge in [0.25, 0.3) is 0 Å². The molecule has 31 heavy (non-hydrogen) atoms. The first kappa shape index (κ1) is 20.6. The summed E-state index contributed by atoms with van der Waals surface area (Å²) in [5.74, 6) is 0. The molecular weight excluding hydrogens is 430 g/mol. The molecule has 0 spiro atoms. The average molecular weight is 456 g/mol. The van der Waals surface area contributed by atoms with Crippen LogP contribution in [-0.2, 0) is 16.4 Å². The normalized spacial score (nSPS) is 17.8. The molecule has 1 N–H and O–H groups in total. The second-order valence-corrected chi connectivity index (χ2v) is 11.3. The van der Waals surface area contributed by atoms with Crippen molar-refractivity contribution < 1.29 is 12.9 Å². The van der Waals surface area contributed by atoms with Gasteiger partial charge in [-0.3, -0.25) is 0 Å². The van der Waals surface area contributed by atoms with E-state index in [4.69, 9.17) is 4.52 Å². The van der Waals surface area contributed by atoms with E-state index in [-0.39, 0.29) is 6.04 Å². The van der Waals surface area contributed by atoms with Crippen molar-refractivity contribution in [3.63, 3.8) is 0 Å². The van der Waals surface area contributed by atoms with Crippen molar-refractivity contribution in [1.82, 2.24) is 14.8 Å². The Morgan fingerprint density at radius 3 is 3.00 bits per heavy atom. The molecule has 6 nitrogen and oxygen atoms in total. The Morgan fingerprint density at radius 2 is 2.10 bits per heavy atom. The monoisotopic (exact) mass is 455 g/mol. The Bertz CT molecular complexity index is 1330. The zero-order chi connectivity index (χ0) is 21.4. The SMILES string of the molecule is Cc1ccc2sc(S(=O)(=O)N[C@@H]3CCN(CCCc4noc5ccccc45)C3)cc2c1. The first-order valence-electron chi connectivity index (χ1n) is 10.6. The summed E-state index contributed by atoms with van der Waals surface area (Å²) in [6, 6.07) is 15.7. The van der Waals surface area contributed by atoms with Crippen LogP contribution in [-0.4, -0.2) is 44.2 Å². The van der Waals surface area contributed by atoms with E-state index in [1.54, 1.807) is 6.07 Å². The number of benzene rings is 2. The highest BCUT2D eigenvalue weighted by molar-refractivity contribution is 7.91. The van der Waals surface area contributed by atoms with E-state index in [0.717, 1.165) is 71.2 Å². The van der Waals surface area contributed by atoms with Gasteiger partial charge in [-0.15, -0.1) is 11.3 Å². The Morgan fingerprint density at radius 1 is 1.23 bits per heavy atom. The molecule has 0 saturated carbocycles. The van der Waals surface area contributed by atoms with Crippen LogP contribution in [0.1, 0.15) is 24.1 Å². The zero-order valence-corrected chi connectivity index (χ0v) is 19.0. The summed E-state index contributed by atoms with van der Waals surface area (Å²) >= 11 is 1.33. The minimum Gasteiger partial charge on any atom is -0.356 e. The van der Waals surface area contributed by atoms with Gasteiger partial charge in [0.2, 0.25) is 10.0 Å². The molecule has 0 radical (unpaired) electrons. The van der Waals surface area contributed by atoms with Gasteiger partial charge in [-0.05, 0) is 68.9 Å². The lowest BCUT2D eigenvalue weighted by atomic mass is 10.1. The third-order valence-corrected chi connectivity index (χ3v) is 8.96. The number of rotatable bonds is 7. The van der Waals surface area contributed by atoms with E-state index in [1.165, 1.54) is 11.3 Å². The molecule has 0 amide bonds. The summed E-state index contributed by atoms with van der Waals surface area (Å²) in [5.41, 5.74) is 2.95. The summed E-state index contributed by atoms with van der Waals surface area (Å²) in [5, 5.41) is 6.26. The number of hydrogen-bond donors (Lipinski definition) is 1. The maximum atomic E-state index is 12.9. The van der Waals surface area contributed by atoms with E-state index >= 15 is 0 Å². The van der Waals surface area contributed by atoms with Crippen LogP contribution in [0.3, 0.4) is 0 Å². The second kappa shape index (κ2) is 8.35. The zero-order valence-electron chi connectivity index (χ0n) is 17.4. The fourth-order valence-corrected chi connectivity index (χ4v) is 6.93. The quantitative estimate of drug-likeness (QED) is 0.449. The van der Waals surface area contributed by atoms with Crippen LogP contribution in [0.4, 0.5) is 0 Å². The Labute approximate surface area is 185 Å². The fraction of sp³-hybridized carbons (Fsp3) is 0.348. The first-order valence-corrected chi connectivity index (χ1v) is 12.9. The molecule has 5 rings (SSSR count). The van der Waals surface area contributed by atoms with E-state index in [2.05, 4.69) is 14.8 Å². The minimum atomic E-state index is -3.50. The van der Waals surface area contributed by atoms with Crippen molar-refractivity contribution in [2.45, 2.75) is 36.4 Å². The number of nitrogens with one attached hydrogen (secondary N) is 1. The lowest BCUT2D eigenvalue weighted by Gasteiger charge is -2.16. The molecule has 1 aliphatic heterocycles. The van der Waals surface area contributed by atoms with Crippen molar-refractivity contribution in [2.24, 2.45) is 0 Å². The average Bonchev–Trinajstić information content (AvgIpc) is 3.46. The smallest absolute Gasteiger partial charge is 0.250 e. The third-order valence-electron chi connectivity index (χ3n) is 5.85. The largest absolute Gasteiger partial charge is 0.356 e. The topological polar surface area (TPSA) is 75.4 Å². The number of sulfonamides is 1. The first-order chi connectivity index (χ1) is 15.0. The van der Waals surface area contributed by atoms with Crippen LogP contribution in [0.5, 0.6) is 0 Å². The van der Waals surface area contributed by atoms with Gasteiger partial charge in [0, 0.05) is 22.7 Å². The van der Waals surface area contributed by atoms with Crippen molar-refractivity contribution in [3.8, 4) is 0 Å². The van der Waals surface area contributed by atoms with E-state index < -0.39 is 10.0 Å². The lowest BCUT2D eigenvalue weighted by molar-refractivity contribution is 0.326. The van der Waals surface area contributed by atoms with Crippen LogP contribution in [0, 0.1) is 6.92 Å². The van der Waals surface area contributed by atoms with Crippen molar-refractivity contribution in [1.29, 1.82) is 0 Å². The van der Waals surface area contributed by atoms with Gasteiger partial charge in [-0.1, -0.05) is 35.0 Å². The summed E-state index contributed by atoms with van der Waals surface area (Å²) in [6.45, 7) is 4.57. The number of thiophene rings is 1. The Balaban J connectivity index is 1.16. The molecule has 2 aromatic carbocycles. The van der Waals surface area contributed by atoms with Gasteiger partial charge in [0.15, 0.2) is 5.58 Å². The highest BCUT2D eigenvalue weighted by Gasteiger charge is 2.28. The van der Waals surface area contributed by atoms with Gasteiger partial charge in [-0.25, -0.2) is 13.1 Å². The molecule has 1 aliphatic rings. The molecule has 162 valence electrons. The van der Waals surface area contributed by atoms with Gasteiger partial charge in [-0.2, -0.15) is 0 Å². The lowest BCUT2D eigenvalue weighted by Crippen LogP contribution is -2.36. The third kappa shape index (κ3) is 4.39. The molecular formula is C23H25N3O3S2. The Hall–Kier alpha value is -2.26. The van der Waals surface area contributed by atoms with Gasteiger partial charge in [0.05, 0.1) is 5.69 Å². The number of likely N-dealkylation sites (tertiary alicyclic amines) is 1. The van der Waals surface area contributed by atoms with E-state index in [1.807, 2.05) is 49.4 Å². The number of aromatic nitrogens is 1. The van der Waals surface area contributed by atoms with Crippen LogP contribution < -0.4 is 4.72 Å². The van der Waals surface area contributed by atoms with Gasteiger partial charge in [0.1, 0.15) is 4.21 Å². The van der Waals surface area contributed by atoms with E-state index in [9.17, 15) is 8.42 Å². The molecule has 0 unspecified atom stereocenters. The number of aryl methyl sites for hydroxylation is 2. The number of nitrogens with zero attached hydrogens (tertiary/aromatic N) is 2. The molecule has 3 heterocycles. The minimum absolute atomic E-state index is 0.0511. The number of para-hydroxylation sites is 1. The molecule has 8 heteroatoms. The van der Waals surface area contributed by atoms with Crippen LogP contribution in [0.2, 0.25) is 0 Å². The maximum Gasteiger partial charge on any atom is 0.250 e. The predicted molar refractivity (Wildman–Crippen MR) is 124 cm³/mol. The summed E-state index contributed by atoms with van der Waals surface area (Å²) in [4.78, 5) is 2.32. The maximum absolute atomic E-state index is 12.9. The van der Waals surface area contributed by atoms with Crippen LogP contribution in [0.15, 0.2) is 57.3 Å². The molecule has 1 fully saturated rings. The predicted octanol–water partition coefficient (Wildman–Crippen LogP) is 4.34. The molecule has 2 aromatic heterocycles. The van der Waals surface area contributed by atoms with Crippen molar-refractivity contribution in [3.05, 3.63) is 59.8 Å². The summed E-state index contributed by atoms with van der Waals surface area (Å²) < 4.78 is 35.5. The van der Waals surface area contributed by atoms with Crippen molar-refractivity contribution >= 4 is 42.4 Å². The molecule has 0 aliphatic carbocycles. The Kier molecular flexibility index (Phi) is 5.56. The molecule has 0 bridgehead atoms. The fourth-order valence-electron chi connectivity index (χ4n) is 4.27. The van der Waals surface area contributed by atoms with E-state index in [0.29, 0.717) is 4.21 Å². The highest BCUT2D eigenvalue weighted by atomic mass is 32.2. The molecule has 4 aromatic rings. The van der Waals surface area contributed by atoms with Crippen LogP contribution >= 0.6 is 11.3 Å². The van der Waals surface area contributed by atoms with Gasteiger partial charge < -0.3 is 9.42 Å².